The summed E-state index contributed by atoms with van der Waals surface area (Å²) in [4.78, 5) is 5.45. The van der Waals surface area contributed by atoms with Crippen LogP contribution in [0.3, 0.4) is 0 Å². The van der Waals surface area contributed by atoms with Gasteiger partial charge in [-0.1, -0.05) is 196 Å². The van der Waals surface area contributed by atoms with Crippen molar-refractivity contribution in [3.8, 4) is 55.9 Å². The molecule has 1 atom stereocenters. The maximum atomic E-state index is 5.45. The minimum Gasteiger partial charge on any atom is -0.359 e. The van der Waals surface area contributed by atoms with Crippen molar-refractivity contribution >= 4 is 65.9 Å². The predicted octanol–water partition coefficient (Wildman–Crippen LogP) is 19.1. The van der Waals surface area contributed by atoms with E-state index in [2.05, 4.69) is 295 Å². The number of nitrogens with one attached hydrogen (secondary N) is 1. The molecule has 2 aromatic heterocycles. The zero-order valence-electron chi connectivity index (χ0n) is 43.8. The van der Waals surface area contributed by atoms with Gasteiger partial charge in [-0.25, -0.2) is 4.99 Å². The summed E-state index contributed by atoms with van der Waals surface area (Å²) in [6, 6.07) is 98.1. The highest BCUT2D eigenvalue weighted by Crippen LogP contribution is 2.50. The molecule has 0 saturated heterocycles. The van der Waals surface area contributed by atoms with Crippen molar-refractivity contribution in [3.63, 3.8) is 0 Å². The van der Waals surface area contributed by atoms with Gasteiger partial charge >= 0.3 is 0 Å². The lowest BCUT2D eigenvalue weighted by atomic mass is 9.82. The molecule has 1 N–H and O–H groups in total. The molecule has 4 heteroatoms. The van der Waals surface area contributed by atoms with Gasteiger partial charge in [0.15, 0.2) is 0 Å². The highest BCUT2D eigenvalue weighted by molar-refractivity contribution is 6.14. The summed E-state index contributed by atoms with van der Waals surface area (Å²) in [6.45, 7) is 4.69. The normalized spacial score (nSPS) is 14.4. The summed E-state index contributed by atoms with van der Waals surface area (Å²) in [7, 11) is 0. The quantitative estimate of drug-likeness (QED) is 0.170. The Hall–Kier alpha value is -10.0. The molecule has 0 saturated carbocycles. The van der Waals surface area contributed by atoms with Crippen molar-refractivity contribution in [3.05, 3.63) is 295 Å². The first-order chi connectivity index (χ1) is 38.9. The molecule has 2 aliphatic rings. The van der Waals surface area contributed by atoms with Crippen LogP contribution in [0.1, 0.15) is 47.7 Å². The Balaban J connectivity index is 0.852. The van der Waals surface area contributed by atoms with E-state index in [1.165, 1.54) is 110 Å². The van der Waals surface area contributed by atoms with E-state index < -0.39 is 0 Å². The minimum atomic E-state index is -0.178. The van der Waals surface area contributed by atoms with Crippen LogP contribution in [0.4, 0.5) is 5.69 Å². The van der Waals surface area contributed by atoms with E-state index >= 15 is 0 Å². The Morgan fingerprint density at radius 3 is 1.47 bits per heavy atom. The first kappa shape index (κ1) is 45.2. The Labute approximate surface area is 458 Å². The zero-order valence-corrected chi connectivity index (χ0v) is 43.8. The maximum Gasteiger partial charge on any atom is 0.134 e. The number of aliphatic imine (C=N–C) groups is 1. The summed E-state index contributed by atoms with van der Waals surface area (Å²) >= 11 is 0. The number of para-hydroxylation sites is 1. The van der Waals surface area contributed by atoms with Gasteiger partial charge in [-0.15, -0.1) is 0 Å². The average Bonchev–Trinajstić information content (AvgIpc) is 4.13. The van der Waals surface area contributed by atoms with Crippen LogP contribution in [-0.2, 0) is 5.41 Å². The number of amidine groups is 1. The summed E-state index contributed by atoms with van der Waals surface area (Å²) in [5.41, 5.74) is 23.7. The first-order valence-electron chi connectivity index (χ1n) is 27.5. The summed E-state index contributed by atoms with van der Waals surface area (Å²) in [5, 5.41) is 11.3. The van der Waals surface area contributed by atoms with Gasteiger partial charge in [-0.3, -0.25) is 0 Å². The molecule has 1 aliphatic heterocycles. The van der Waals surface area contributed by atoms with E-state index in [4.69, 9.17) is 4.99 Å². The molecule has 0 bridgehead atoms. The van der Waals surface area contributed by atoms with Crippen LogP contribution in [0.5, 0.6) is 0 Å². The molecule has 1 aliphatic carbocycles. The largest absolute Gasteiger partial charge is 0.359 e. The number of hydrogen-bond donors (Lipinski definition) is 1. The Bertz CT molecular complexity index is 4830. The topological polar surface area (TPSA) is 34.2 Å². The minimum absolute atomic E-state index is 0.130. The number of hydrogen-bond acceptors (Lipinski definition) is 2. The maximum absolute atomic E-state index is 5.45. The molecule has 0 spiro atoms. The Morgan fingerprint density at radius 2 is 0.848 bits per heavy atom. The molecule has 0 radical (unpaired) electrons. The molecule has 372 valence electrons. The van der Waals surface area contributed by atoms with Gasteiger partial charge in [0.25, 0.3) is 0 Å². The van der Waals surface area contributed by atoms with Gasteiger partial charge in [-0.05, 0) is 157 Å². The highest BCUT2D eigenvalue weighted by Gasteiger charge is 2.36. The standard InChI is InChI=1S/C75H52N4/c1-75(2)65-28-15-14-27-59(65)60-35-29-55(46-66(60)75)74-76-67-36-30-49-21-12-13-26-58(49)72(67)73(77-74)54-22-16-25-57(41-54)79-70-38-32-51(48-19-8-4-9-20-48)43-62(70)64-45-53(34-40-71(64)79)52-33-39-69-63(44-52)61-42-50(47-17-6-3-7-18-47)31-37-68(61)78(69)56-23-10-5-11-24-56/h3-46,73H,1-2H3,(H,76,77). The lowest BCUT2D eigenvalue weighted by Gasteiger charge is -2.30. The predicted molar refractivity (Wildman–Crippen MR) is 331 cm³/mol. The van der Waals surface area contributed by atoms with Crippen molar-refractivity contribution in [1.82, 2.24) is 14.5 Å². The van der Waals surface area contributed by atoms with Crippen LogP contribution < -0.4 is 5.32 Å². The van der Waals surface area contributed by atoms with Gasteiger partial charge in [0.05, 0.1) is 33.8 Å². The third kappa shape index (κ3) is 7.11. The lowest BCUT2D eigenvalue weighted by molar-refractivity contribution is 0.660. The molecule has 0 fully saturated rings. The van der Waals surface area contributed by atoms with E-state index in [-0.39, 0.29) is 11.5 Å². The van der Waals surface area contributed by atoms with Crippen LogP contribution in [0.2, 0.25) is 0 Å². The Kier molecular flexibility index (Phi) is 10.0. The van der Waals surface area contributed by atoms with Crippen molar-refractivity contribution < 1.29 is 0 Å². The van der Waals surface area contributed by atoms with Crippen LogP contribution in [0.15, 0.2) is 272 Å². The van der Waals surface area contributed by atoms with E-state index in [1.54, 1.807) is 0 Å². The summed E-state index contributed by atoms with van der Waals surface area (Å²) in [5.74, 6) is 0.880. The number of fused-ring (bicyclic) bond motifs is 12. The zero-order chi connectivity index (χ0) is 52.3. The van der Waals surface area contributed by atoms with E-state index in [9.17, 15) is 0 Å². The summed E-state index contributed by atoms with van der Waals surface area (Å²) < 4.78 is 4.88. The fraction of sp³-hybridized carbons (Fsp3) is 0.0533. The van der Waals surface area contributed by atoms with Crippen molar-refractivity contribution in [2.45, 2.75) is 25.3 Å². The number of rotatable bonds is 7. The fourth-order valence-electron chi connectivity index (χ4n) is 13.3. The molecule has 12 aromatic carbocycles. The second kappa shape index (κ2) is 17.5. The second-order valence-electron chi connectivity index (χ2n) is 21.9. The highest BCUT2D eigenvalue weighted by atomic mass is 15.1. The smallest absolute Gasteiger partial charge is 0.134 e. The monoisotopic (exact) mass is 1010 g/mol. The van der Waals surface area contributed by atoms with Crippen LogP contribution in [0, 0.1) is 0 Å². The van der Waals surface area contributed by atoms with Gasteiger partial charge in [0, 0.05) is 49.5 Å². The number of aromatic nitrogens is 2. The third-order valence-corrected chi connectivity index (χ3v) is 17.2. The third-order valence-electron chi connectivity index (χ3n) is 17.2. The van der Waals surface area contributed by atoms with Crippen molar-refractivity contribution in [2.24, 2.45) is 4.99 Å². The molecule has 3 heterocycles. The molecule has 79 heavy (non-hydrogen) atoms. The SMILES string of the molecule is CC1(C)c2ccccc2-c2ccc(C3=Nc4ccc5ccccc5c4C(c4cccc(-n5c6ccc(-c7ccccc7)cc6c6cc(-c7ccc8c(c7)c7cc(-c9ccccc9)ccc7n8-c7ccccc7)ccc65)c4)N3)cc21. The van der Waals surface area contributed by atoms with Gasteiger partial charge in [-0.2, -0.15) is 0 Å². The molecular weight excluding hydrogens is 957 g/mol. The first-order valence-corrected chi connectivity index (χ1v) is 27.5. The molecular formula is C75H52N4. The van der Waals surface area contributed by atoms with E-state index in [1.807, 2.05) is 0 Å². The lowest BCUT2D eigenvalue weighted by Crippen LogP contribution is -2.33. The number of nitrogens with zero attached hydrogens (tertiary/aromatic N) is 3. The molecule has 16 rings (SSSR count). The average molecular weight is 1010 g/mol. The molecule has 1 unspecified atom stereocenters. The second-order valence-corrected chi connectivity index (χ2v) is 21.9. The number of benzene rings is 12. The Morgan fingerprint density at radius 1 is 0.354 bits per heavy atom. The van der Waals surface area contributed by atoms with E-state index in [0.29, 0.717) is 0 Å². The molecule has 0 amide bonds. The van der Waals surface area contributed by atoms with Gasteiger partial charge in [0.1, 0.15) is 5.84 Å². The van der Waals surface area contributed by atoms with Crippen LogP contribution >= 0.6 is 0 Å². The summed E-state index contributed by atoms with van der Waals surface area (Å²) in [6.07, 6.45) is 0. The van der Waals surface area contributed by atoms with Crippen LogP contribution in [-0.4, -0.2) is 15.0 Å². The molecule has 4 nitrogen and oxygen atoms in total. The molecule has 14 aromatic rings. The van der Waals surface area contributed by atoms with Crippen molar-refractivity contribution in [1.29, 1.82) is 0 Å². The van der Waals surface area contributed by atoms with Gasteiger partial charge < -0.3 is 14.5 Å². The van der Waals surface area contributed by atoms with Crippen molar-refractivity contribution in [2.75, 3.05) is 0 Å². The fourth-order valence-corrected chi connectivity index (χ4v) is 13.3. The van der Waals surface area contributed by atoms with Crippen LogP contribution in [0.25, 0.3) is 110 Å². The van der Waals surface area contributed by atoms with Gasteiger partial charge in [0.2, 0.25) is 0 Å². The van der Waals surface area contributed by atoms with E-state index in [0.717, 1.165) is 39.5 Å².